The van der Waals surface area contributed by atoms with Gasteiger partial charge in [-0.05, 0) is 72.1 Å². The van der Waals surface area contributed by atoms with Crippen molar-refractivity contribution >= 4 is 17.9 Å². The molecule has 31 heavy (non-hydrogen) atoms. The molecule has 1 rings (SSSR count). The van der Waals surface area contributed by atoms with E-state index in [9.17, 15) is 19.5 Å². The first kappa shape index (κ1) is 26.4. The van der Waals surface area contributed by atoms with E-state index in [2.05, 4.69) is 10.6 Å². The maximum atomic E-state index is 13.3. The second-order valence-electron chi connectivity index (χ2n) is 9.03. The van der Waals surface area contributed by atoms with Crippen molar-refractivity contribution in [1.82, 2.24) is 15.5 Å². The number of aliphatic hydroxyl groups excluding tert-OH is 1. The number of aliphatic hydroxyl groups is 1. The molecule has 0 saturated heterocycles. The smallest absolute Gasteiger partial charge is 0.408 e. The monoisotopic (exact) mass is 435 g/mol. The number of carbonyl (C=O) groups is 3. The number of ether oxygens (including phenoxy) is 1. The van der Waals surface area contributed by atoms with Crippen LogP contribution in [0, 0.1) is 13.8 Å². The van der Waals surface area contributed by atoms with Crippen molar-refractivity contribution in [3.8, 4) is 0 Å². The topological polar surface area (TPSA) is 108 Å². The summed E-state index contributed by atoms with van der Waals surface area (Å²) in [5.74, 6) is -0.855. The molecule has 3 N–H and O–H groups in total. The molecular weight excluding hydrogens is 398 g/mol. The molecule has 0 saturated carbocycles. The molecule has 0 aliphatic heterocycles. The van der Waals surface area contributed by atoms with E-state index in [1.54, 1.807) is 26.8 Å². The number of alkyl carbamates (subject to hydrolysis) is 1. The van der Waals surface area contributed by atoms with E-state index in [1.807, 2.05) is 39.8 Å². The minimum absolute atomic E-state index is 0.0672. The van der Waals surface area contributed by atoms with Crippen LogP contribution in [0.15, 0.2) is 18.2 Å². The number of rotatable bonds is 8. The van der Waals surface area contributed by atoms with Gasteiger partial charge in [0.15, 0.2) is 0 Å². The van der Waals surface area contributed by atoms with Gasteiger partial charge in [0.25, 0.3) is 0 Å². The molecule has 0 fully saturated rings. The summed E-state index contributed by atoms with van der Waals surface area (Å²) >= 11 is 0. The van der Waals surface area contributed by atoms with Crippen LogP contribution in [0.3, 0.4) is 0 Å². The predicted molar refractivity (Wildman–Crippen MR) is 120 cm³/mol. The van der Waals surface area contributed by atoms with Crippen LogP contribution >= 0.6 is 0 Å². The van der Waals surface area contributed by atoms with Crippen molar-refractivity contribution in [2.24, 2.45) is 0 Å². The lowest BCUT2D eigenvalue weighted by atomic mass is 9.98. The zero-order valence-electron chi connectivity index (χ0n) is 19.9. The first-order chi connectivity index (χ1) is 14.3. The minimum atomic E-state index is -0.956. The van der Waals surface area contributed by atoms with E-state index in [4.69, 9.17) is 4.74 Å². The van der Waals surface area contributed by atoms with Crippen molar-refractivity contribution in [1.29, 1.82) is 0 Å². The molecule has 0 spiro atoms. The molecule has 0 heterocycles. The van der Waals surface area contributed by atoms with Gasteiger partial charge in [0.05, 0.1) is 6.61 Å². The highest BCUT2D eigenvalue weighted by atomic mass is 16.6. The Kier molecular flexibility index (Phi) is 9.49. The standard InChI is InChI=1S/C23H37N3O5/c1-14(2)24-20(28)19(18-10-9-15(3)16(4)13-18)26(11-12-27)21(29)17(5)25-22(30)31-23(6,7)8/h9-10,13-14,17,19,27H,11-12H2,1-8H3,(H,24,28)(H,25,30). The third kappa shape index (κ3) is 8.20. The molecule has 2 unspecified atom stereocenters. The third-order valence-corrected chi connectivity index (χ3v) is 4.57. The summed E-state index contributed by atoms with van der Waals surface area (Å²) in [6.07, 6.45) is -0.730. The van der Waals surface area contributed by atoms with Crippen LogP contribution < -0.4 is 10.6 Å². The summed E-state index contributed by atoms with van der Waals surface area (Å²) in [7, 11) is 0. The fourth-order valence-corrected chi connectivity index (χ4v) is 3.04. The molecule has 1 aromatic carbocycles. The van der Waals surface area contributed by atoms with Crippen LogP contribution in [0.5, 0.6) is 0 Å². The number of nitrogens with one attached hydrogen (secondary N) is 2. The molecule has 0 aliphatic rings. The van der Waals surface area contributed by atoms with E-state index in [1.165, 1.54) is 11.8 Å². The summed E-state index contributed by atoms with van der Waals surface area (Å²) in [4.78, 5) is 39.8. The van der Waals surface area contributed by atoms with Crippen LogP contribution in [0.1, 0.15) is 64.3 Å². The van der Waals surface area contributed by atoms with E-state index >= 15 is 0 Å². The molecule has 0 aliphatic carbocycles. The largest absolute Gasteiger partial charge is 0.444 e. The Morgan fingerprint density at radius 1 is 1.06 bits per heavy atom. The molecule has 174 valence electrons. The Hall–Kier alpha value is -2.61. The lowest BCUT2D eigenvalue weighted by molar-refractivity contribution is -0.143. The molecule has 1 aromatic rings. The molecule has 0 bridgehead atoms. The van der Waals surface area contributed by atoms with Crippen molar-refractivity contribution in [2.45, 2.75) is 79.1 Å². The van der Waals surface area contributed by atoms with Gasteiger partial charge in [-0.25, -0.2) is 4.79 Å². The molecule has 0 aromatic heterocycles. The summed E-state index contributed by atoms with van der Waals surface area (Å²) in [6.45, 7) is 13.9. The Labute approximate surface area is 185 Å². The fourth-order valence-electron chi connectivity index (χ4n) is 3.04. The molecule has 0 radical (unpaired) electrons. The summed E-state index contributed by atoms with van der Waals surface area (Å²) in [5.41, 5.74) is 1.96. The first-order valence-corrected chi connectivity index (χ1v) is 10.5. The number of benzene rings is 1. The highest BCUT2D eigenvalue weighted by Crippen LogP contribution is 2.25. The predicted octanol–water partition coefficient (Wildman–Crippen LogP) is 2.60. The molecule has 8 nitrogen and oxygen atoms in total. The van der Waals surface area contributed by atoms with Gasteiger partial charge in [0.1, 0.15) is 17.7 Å². The highest BCUT2D eigenvalue weighted by molar-refractivity contribution is 5.92. The Bertz CT molecular complexity index is 786. The van der Waals surface area contributed by atoms with Gasteiger partial charge in [-0.2, -0.15) is 0 Å². The highest BCUT2D eigenvalue weighted by Gasteiger charge is 2.34. The lowest BCUT2D eigenvalue weighted by Gasteiger charge is -2.33. The van der Waals surface area contributed by atoms with Crippen molar-refractivity contribution in [3.05, 3.63) is 34.9 Å². The summed E-state index contributed by atoms with van der Waals surface area (Å²) < 4.78 is 5.22. The molecule has 2 atom stereocenters. The van der Waals surface area contributed by atoms with Gasteiger partial charge in [0, 0.05) is 12.6 Å². The van der Waals surface area contributed by atoms with Crippen LogP contribution in [0.4, 0.5) is 4.79 Å². The quantitative estimate of drug-likeness (QED) is 0.582. The van der Waals surface area contributed by atoms with E-state index < -0.39 is 29.7 Å². The second-order valence-corrected chi connectivity index (χ2v) is 9.03. The van der Waals surface area contributed by atoms with Gasteiger partial charge < -0.3 is 25.4 Å². The van der Waals surface area contributed by atoms with Gasteiger partial charge in [0.2, 0.25) is 11.8 Å². The first-order valence-electron chi connectivity index (χ1n) is 10.5. The Balaban J connectivity index is 3.27. The SMILES string of the molecule is Cc1ccc(C(C(=O)NC(C)C)N(CCO)C(=O)C(C)NC(=O)OC(C)(C)C)cc1C. The number of hydrogen-bond donors (Lipinski definition) is 3. The maximum Gasteiger partial charge on any atom is 0.408 e. The lowest BCUT2D eigenvalue weighted by Crippen LogP contribution is -2.53. The van der Waals surface area contributed by atoms with Gasteiger partial charge in [-0.1, -0.05) is 18.2 Å². The van der Waals surface area contributed by atoms with E-state index in [0.717, 1.165) is 11.1 Å². The Morgan fingerprint density at radius 2 is 1.68 bits per heavy atom. The number of carbonyl (C=O) groups excluding carboxylic acids is 3. The zero-order chi connectivity index (χ0) is 23.9. The number of aryl methyl sites for hydroxylation is 2. The number of hydrogen-bond acceptors (Lipinski definition) is 5. The maximum absolute atomic E-state index is 13.3. The Morgan fingerprint density at radius 3 is 2.16 bits per heavy atom. The summed E-state index contributed by atoms with van der Waals surface area (Å²) in [6, 6.07) is 3.51. The van der Waals surface area contributed by atoms with Crippen LogP contribution in [-0.2, 0) is 14.3 Å². The van der Waals surface area contributed by atoms with Gasteiger partial charge in [-0.3, -0.25) is 9.59 Å². The van der Waals surface area contributed by atoms with Crippen LogP contribution in [0.2, 0.25) is 0 Å². The third-order valence-electron chi connectivity index (χ3n) is 4.57. The van der Waals surface area contributed by atoms with Crippen LogP contribution in [-0.4, -0.2) is 58.8 Å². The minimum Gasteiger partial charge on any atom is -0.444 e. The van der Waals surface area contributed by atoms with Crippen molar-refractivity contribution in [3.63, 3.8) is 0 Å². The fraction of sp³-hybridized carbons (Fsp3) is 0.609. The van der Waals surface area contributed by atoms with Crippen molar-refractivity contribution < 1.29 is 24.2 Å². The van der Waals surface area contributed by atoms with E-state index in [0.29, 0.717) is 5.56 Å². The molecule has 3 amide bonds. The molecule has 8 heteroatoms. The average molecular weight is 436 g/mol. The second kappa shape index (κ2) is 11.1. The normalized spacial score (nSPS) is 13.4. The molecular formula is C23H37N3O5. The van der Waals surface area contributed by atoms with Crippen LogP contribution in [0.25, 0.3) is 0 Å². The number of amides is 3. The summed E-state index contributed by atoms with van der Waals surface area (Å²) in [5, 5.41) is 15.0. The van der Waals surface area contributed by atoms with Gasteiger partial charge in [-0.15, -0.1) is 0 Å². The number of nitrogens with zero attached hydrogens (tertiary/aromatic N) is 1. The van der Waals surface area contributed by atoms with E-state index in [-0.39, 0.29) is 25.1 Å². The average Bonchev–Trinajstić information content (AvgIpc) is 2.61. The van der Waals surface area contributed by atoms with Crippen molar-refractivity contribution in [2.75, 3.05) is 13.2 Å². The van der Waals surface area contributed by atoms with Gasteiger partial charge >= 0.3 is 6.09 Å². The zero-order valence-corrected chi connectivity index (χ0v) is 19.9.